The van der Waals surface area contributed by atoms with Crippen molar-refractivity contribution < 1.29 is 4.79 Å². The number of aromatic nitrogens is 4. The molecule has 4 aromatic rings. The van der Waals surface area contributed by atoms with Gasteiger partial charge in [0.2, 0.25) is 11.9 Å². The molecular formula is C27H32N6O. The minimum atomic E-state index is -0.105. The van der Waals surface area contributed by atoms with Crippen LogP contribution in [0.4, 0.5) is 5.95 Å². The predicted octanol–water partition coefficient (Wildman–Crippen LogP) is 4.63. The number of piperazine rings is 1. The van der Waals surface area contributed by atoms with Gasteiger partial charge >= 0.3 is 0 Å². The highest BCUT2D eigenvalue weighted by atomic mass is 16.2. The maximum Gasteiger partial charge on any atom is 0.230 e. The summed E-state index contributed by atoms with van der Waals surface area (Å²) in [6, 6.07) is 18.3. The fourth-order valence-electron chi connectivity index (χ4n) is 5.08. The van der Waals surface area contributed by atoms with Crippen molar-refractivity contribution in [1.82, 2.24) is 24.5 Å². The van der Waals surface area contributed by atoms with Crippen molar-refractivity contribution >= 4 is 28.4 Å². The first-order valence-corrected chi connectivity index (χ1v) is 12.2. The summed E-state index contributed by atoms with van der Waals surface area (Å²) in [6.45, 7) is 10.6. The SMILES string of the molecule is CCC(C(=O)N1CCN(c2nc3ccccc3c3nnc(C(C)C)n23)CC1C)c1ccccc1. The number of amides is 1. The number of fused-ring (bicyclic) bond motifs is 3. The van der Waals surface area contributed by atoms with Gasteiger partial charge in [-0.05, 0) is 31.0 Å². The summed E-state index contributed by atoms with van der Waals surface area (Å²) < 4.78 is 2.11. The predicted molar refractivity (Wildman–Crippen MR) is 135 cm³/mol. The molecule has 7 heteroatoms. The Balaban J connectivity index is 1.47. The van der Waals surface area contributed by atoms with Crippen LogP contribution in [0, 0.1) is 0 Å². The van der Waals surface area contributed by atoms with Gasteiger partial charge in [-0.3, -0.25) is 4.79 Å². The third-order valence-electron chi connectivity index (χ3n) is 6.87. The minimum Gasteiger partial charge on any atom is -0.338 e. The summed E-state index contributed by atoms with van der Waals surface area (Å²) in [5, 5.41) is 10.0. The lowest BCUT2D eigenvalue weighted by Gasteiger charge is -2.41. The molecule has 2 atom stereocenters. The molecule has 1 amide bonds. The quantitative estimate of drug-likeness (QED) is 0.438. The Bertz CT molecular complexity index is 1310. The van der Waals surface area contributed by atoms with E-state index >= 15 is 0 Å². The zero-order valence-corrected chi connectivity index (χ0v) is 20.3. The Morgan fingerprint density at radius 2 is 1.76 bits per heavy atom. The maximum absolute atomic E-state index is 13.5. The van der Waals surface area contributed by atoms with Gasteiger partial charge < -0.3 is 9.80 Å². The average Bonchev–Trinajstić information content (AvgIpc) is 3.30. The minimum absolute atomic E-state index is 0.0707. The first-order valence-electron chi connectivity index (χ1n) is 12.2. The van der Waals surface area contributed by atoms with Crippen molar-refractivity contribution in [2.75, 3.05) is 24.5 Å². The van der Waals surface area contributed by atoms with E-state index in [0.717, 1.165) is 46.9 Å². The van der Waals surface area contributed by atoms with Crippen LogP contribution in [0.25, 0.3) is 16.6 Å². The van der Waals surface area contributed by atoms with Crippen molar-refractivity contribution in [1.29, 1.82) is 0 Å². The van der Waals surface area contributed by atoms with Crippen LogP contribution in [-0.2, 0) is 4.79 Å². The smallest absolute Gasteiger partial charge is 0.230 e. The van der Waals surface area contributed by atoms with Crippen molar-refractivity contribution in [2.24, 2.45) is 0 Å². The number of nitrogens with zero attached hydrogens (tertiary/aromatic N) is 6. The van der Waals surface area contributed by atoms with Crippen LogP contribution in [0.5, 0.6) is 0 Å². The lowest BCUT2D eigenvalue weighted by molar-refractivity contribution is -0.135. The molecule has 2 aromatic carbocycles. The molecule has 0 spiro atoms. The molecule has 2 unspecified atom stereocenters. The lowest BCUT2D eigenvalue weighted by Crippen LogP contribution is -2.55. The summed E-state index contributed by atoms with van der Waals surface area (Å²) in [4.78, 5) is 22.9. The number of carbonyl (C=O) groups is 1. The molecule has 7 nitrogen and oxygen atoms in total. The molecule has 5 rings (SSSR count). The van der Waals surface area contributed by atoms with Gasteiger partial charge in [-0.25, -0.2) is 9.38 Å². The molecular weight excluding hydrogens is 424 g/mol. The van der Waals surface area contributed by atoms with Gasteiger partial charge in [0.05, 0.1) is 11.4 Å². The second-order valence-corrected chi connectivity index (χ2v) is 9.50. The second kappa shape index (κ2) is 9.05. The highest BCUT2D eigenvalue weighted by Crippen LogP contribution is 2.29. The Labute approximate surface area is 200 Å². The van der Waals surface area contributed by atoms with E-state index in [-0.39, 0.29) is 23.8 Å². The molecule has 1 aliphatic rings. The summed E-state index contributed by atoms with van der Waals surface area (Å²) >= 11 is 0. The molecule has 34 heavy (non-hydrogen) atoms. The van der Waals surface area contributed by atoms with Crippen LogP contribution in [-0.4, -0.2) is 56.1 Å². The van der Waals surface area contributed by atoms with Gasteiger partial charge in [-0.1, -0.05) is 63.2 Å². The number of rotatable bonds is 5. The van der Waals surface area contributed by atoms with Crippen molar-refractivity contribution in [3.05, 3.63) is 66.0 Å². The third-order valence-corrected chi connectivity index (χ3v) is 6.87. The molecule has 0 N–H and O–H groups in total. The number of hydrogen-bond acceptors (Lipinski definition) is 5. The summed E-state index contributed by atoms with van der Waals surface area (Å²) in [6.07, 6.45) is 0.793. The Hall–Kier alpha value is -3.48. The number of para-hydroxylation sites is 1. The van der Waals surface area contributed by atoms with Crippen molar-refractivity contribution in [3.8, 4) is 0 Å². The van der Waals surface area contributed by atoms with E-state index in [4.69, 9.17) is 4.98 Å². The molecule has 1 saturated heterocycles. The second-order valence-electron chi connectivity index (χ2n) is 9.50. The summed E-state index contributed by atoms with van der Waals surface area (Å²) in [7, 11) is 0. The summed E-state index contributed by atoms with van der Waals surface area (Å²) in [5.41, 5.74) is 2.84. The van der Waals surface area contributed by atoms with E-state index in [2.05, 4.69) is 59.3 Å². The molecule has 2 aromatic heterocycles. The zero-order chi connectivity index (χ0) is 23.8. The van der Waals surface area contributed by atoms with E-state index in [1.54, 1.807) is 0 Å². The fourth-order valence-corrected chi connectivity index (χ4v) is 5.08. The highest BCUT2D eigenvalue weighted by molar-refractivity contribution is 5.92. The maximum atomic E-state index is 13.5. The Morgan fingerprint density at radius 1 is 1.03 bits per heavy atom. The van der Waals surface area contributed by atoms with E-state index in [1.165, 1.54) is 0 Å². The van der Waals surface area contributed by atoms with Crippen molar-refractivity contribution in [3.63, 3.8) is 0 Å². The lowest BCUT2D eigenvalue weighted by atomic mass is 9.94. The van der Waals surface area contributed by atoms with Crippen LogP contribution in [0.15, 0.2) is 54.6 Å². The summed E-state index contributed by atoms with van der Waals surface area (Å²) in [5.74, 6) is 2.09. The Morgan fingerprint density at radius 3 is 2.47 bits per heavy atom. The largest absolute Gasteiger partial charge is 0.338 e. The van der Waals surface area contributed by atoms with Crippen LogP contribution < -0.4 is 4.90 Å². The standard InChI is InChI=1S/C27H32N6O/c1-5-21(20-11-7-6-8-12-20)26(34)32-16-15-31(17-19(32)4)27-28-23-14-10-9-13-22(23)25-30-29-24(18(2)3)33(25)27/h6-14,18-19,21H,5,15-17H2,1-4H3. The number of carbonyl (C=O) groups excluding carboxylic acids is 1. The van der Waals surface area contributed by atoms with E-state index in [0.29, 0.717) is 13.1 Å². The van der Waals surface area contributed by atoms with Gasteiger partial charge in [0.1, 0.15) is 5.82 Å². The van der Waals surface area contributed by atoms with Crippen molar-refractivity contribution in [2.45, 2.75) is 52.0 Å². The van der Waals surface area contributed by atoms with E-state index in [1.807, 2.05) is 47.4 Å². The van der Waals surface area contributed by atoms with Crippen LogP contribution in [0.1, 0.15) is 57.3 Å². The molecule has 0 aliphatic carbocycles. The molecule has 176 valence electrons. The van der Waals surface area contributed by atoms with Crippen LogP contribution >= 0.6 is 0 Å². The first-order chi connectivity index (χ1) is 16.5. The van der Waals surface area contributed by atoms with Crippen LogP contribution in [0.2, 0.25) is 0 Å². The average molecular weight is 457 g/mol. The third kappa shape index (κ3) is 3.79. The zero-order valence-electron chi connectivity index (χ0n) is 20.3. The normalized spacial score (nSPS) is 17.6. The molecule has 3 heterocycles. The number of hydrogen-bond donors (Lipinski definition) is 0. The molecule has 0 saturated carbocycles. The van der Waals surface area contributed by atoms with Crippen LogP contribution in [0.3, 0.4) is 0 Å². The van der Waals surface area contributed by atoms with Gasteiger partial charge in [-0.2, -0.15) is 0 Å². The number of anilines is 1. The first kappa shape index (κ1) is 22.3. The monoisotopic (exact) mass is 456 g/mol. The fraction of sp³-hybridized carbons (Fsp3) is 0.407. The topological polar surface area (TPSA) is 66.6 Å². The van der Waals surface area contributed by atoms with Gasteiger partial charge in [0.15, 0.2) is 5.65 Å². The highest BCUT2D eigenvalue weighted by Gasteiger charge is 2.33. The molecule has 0 bridgehead atoms. The molecule has 1 aliphatic heterocycles. The molecule has 0 radical (unpaired) electrons. The van der Waals surface area contributed by atoms with Gasteiger partial charge in [0.25, 0.3) is 0 Å². The van der Waals surface area contributed by atoms with Gasteiger partial charge in [0, 0.05) is 37.0 Å². The molecule has 1 fully saturated rings. The van der Waals surface area contributed by atoms with Gasteiger partial charge in [-0.15, -0.1) is 10.2 Å². The van der Waals surface area contributed by atoms with E-state index < -0.39 is 0 Å². The van der Waals surface area contributed by atoms with E-state index in [9.17, 15) is 4.79 Å². The number of benzene rings is 2. The Kier molecular flexibility index (Phi) is 5.94.